The van der Waals surface area contributed by atoms with Crippen LogP contribution in [0.4, 0.5) is 0 Å². The highest BCUT2D eigenvalue weighted by Gasteiger charge is 2.37. The van der Waals surface area contributed by atoms with Gasteiger partial charge in [0.05, 0.1) is 5.60 Å². The highest BCUT2D eigenvalue weighted by Crippen LogP contribution is 2.30. The fourth-order valence-electron chi connectivity index (χ4n) is 1.50. The summed E-state index contributed by atoms with van der Waals surface area (Å²) >= 11 is 0. The molecule has 0 saturated carbocycles. The van der Waals surface area contributed by atoms with Crippen molar-refractivity contribution in [2.45, 2.75) is 59.1 Å². The molecule has 0 aromatic carbocycles. The lowest BCUT2D eigenvalue weighted by Gasteiger charge is -2.40. The van der Waals surface area contributed by atoms with E-state index in [0.29, 0.717) is 0 Å². The van der Waals surface area contributed by atoms with Crippen molar-refractivity contribution < 1.29 is 5.11 Å². The smallest absolute Gasteiger partial charge is 0.0797 e. The van der Waals surface area contributed by atoms with Crippen LogP contribution in [0.25, 0.3) is 0 Å². The zero-order valence-corrected chi connectivity index (χ0v) is 9.02. The molecule has 2 heteroatoms. The SMILES string of the molecule is CCC(O)(CC)C(N)C(C)(C)C. The van der Waals surface area contributed by atoms with E-state index in [1.807, 2.05) is 13.8 Å². The van der Waals surface area contributed by atoms with Gasteiger partial charge < -0.3 is 10.8 Å². The van der Waals surface area contributed by atoms with Gasteiger partial charge in [-0.05, 0) is 18.3 Å². The Balaban J connectivity index is 4.53. The van der Waals surface area contributed by atoms with Crippen LogP contribution in [0.3, 0.4) is 0 Å². The molecule has 1 unspecified atom stereocenters. The van der Waals surface area contributed by atoms with Gasteiger partial charge in [-0.2, -0.15) is 0 Å². The van der Waals surface area contributed by atoms with Crippen LogP contribution < -0.4 is 5.73 Å². The third-order valence-electron chi connectivity index (χ3n) is 2.74. The molecule has 0 saturated heterocycles. The Bertz CT molecular complexity index is 133. The molecule has 0 bridgehead atoms. The molecule has 0 rings (SSSR count). The van der Waals surface area contributed by atoms with Gasteiger partial charge in [0, 0.05) is 6.04 Å². The van der Waals surface area contributed by atoms with Crippen LogP contribution in [0.15, 0.2) is 0 Å². The Morgan fingerprint density at radius 3 is 1.58 bits per heavy atom. The third-order valence-corrected chi connectivity index (χ3v) is 2.74. The summed E-state index contributed by atoms with van der Waals surface area (Å²) in [5.41, 5.74) is 5.28. The van der Waals surface area contributed by atoms with Crippen molar-refractivity contribution in [2.24, 2.45) is 11.1 Å². The zero-order chi connectivity index (χ0) is 9.99. The van der Waals surface area contributed by atoms with Crippen molar-refractivity contribution in [1.29, 1.82) is 0 Å². The van der Waals surface area contributed by atoms with E-state index in [4.69, 9.17) is 5.73 Å². The van der Waals surface area contributed by atoms with Crippen molar-refractivity contribution in [3.8, 4) is 0 Å². The maximum atomic E-state index is 10.1. The summed E-state index contributed by atoms with van der Waals surface area (Å²) < 4.78 is 0. The van der Waals surface area contributed by atoms with Crippen LogP contribution in [0.1, 0.15) is 47.5 Å². The molecule has 0 amide bonds. The fraction of sp³-hybridized carbons (Fsp3) is 1.00. The van der Waals surface area contributed by atoms with Gasteiger partial charge in [-0.15, -0.1) is 0 Å². The molecule has 12 heavy (non-hydrogen) atoms. The summed E-state index contributed by atoms with van der Waals surface area (Å²) in [6, 6.07) is -0.153. The van der Waals surface area contributed by atoms with Gasteiger partial charge in [0.1, 0.15) is 0 Å². The largest absolute Gasteiger partial charge is 0.388 e. The lowest BCUT2D eigenvalue weighted by Crippen LogP contribution is -2.54. The minimum atomic E-state index is -0.696. The van der Waals surface area contributed by atoms with E-state index < -0.39 is 5.60 Å². The molecular formula is C10H23NO. The predicted octanol–water partition coefficient (Wildman–Crippen LogP) is 1.91. The first kappa shape index (κ1) is 11.9. The summed E-state index contributed by atoms with van der Waals surface area (Å²) in [4.78, 5) is 0. The molecule has 0 spiro atoms. The van der Waals surface area contributed by atoms with Crippen LogP contribution in [0, 0.1) is 5.41 Å². The molecule has 0 fully saturated rings. The summed E-state index contributed by atoms with van der Waals surface area (Å²) in [6.45, 7) is 10.2. The summed E-state index contributed by atoms with van der Waals surface area (Å²) in [5, 5.41) is 10.1. The average Bonchev–Trinajstić information content (AvgIpc) is 2.00. The molecule has 0 heterocycles. The Hall–Kier alpha value is -0.0800. The first-order chi connectivity index (χ1) is 5.28. The lowest BCUT2D eigenvalue weighted by atomic mass is 9.74. The van der Waals surface area contributed by atoms with E-state index in [1.165, 1.54) is 0 Å². The monoisotopic (exact) mass is 173 g/mol. The molecule has 3 N–H and O–H groups in total. The molecule has 0 aromatic rings. The van der Waals surface area contributed by atoms with Crippen molar-refractivity contribution in [2.75, 3.05) is 0 Å². The van der Waals surface area contributed by atoms with E-state index in [1.54, 1.807) is 0 Å². The second kappa shape index (κ2) is 3.75. The Morgan fingerprint density at radius 1 is 1.17 bits per heavy atom. The van der Waals surface area contributed by atoms with Gasteiger partial charge in [-0.3, -0.25) is 0 Å². The molecular weight excluding hydrogens is 150 g/mol. The molecule has 2 nitrogen and oxygen atoms in total. The maximum absolute atomic E-state index is 10.1. The summed E-state index contributed by atoms with van der Waals surface area (Å²) in [7, 11) is 0. The molecule has 0 aliphatic carbocycles. The van der Waals surface area contributed by atoms with Crippen LogP contribution >= 0.6 is 0 Å². The van der Waals surface area contributed by atoms with Gasteiger partial charge in [0.15, 0.2) is 0 Å². The van der Waals surface area contributed by atoms with Crippen LogP contribution in [0.2, 0.25) is 0 Å². The van der Waals surface area contributed by atoms with E-state index in [2.05, 4.69) is 20.8 Å². The van der Waals surface area contributed by atoms with Crippen molar-refractivity contribution >= 4 is 0 Å². The molecule has 0 aliphatic heterocycles. The van der Waals surface area contributed by atoms with E-state index in [0.717, 1.165) is 12.8 Å². The van der Waals surface area contributed by atoms with Gasteiger partial charge in [-0.1, -0.05) is 34.6 Å². The van der Waals surface area contributed by atoms with E-state index in [-0.39, 0.29) is 11.5 Å². The average molecular weight is 173 g/mol. The molecule has 0 aliphatic rings. The van der Waals surface area contributed by atoms with Gasteiger partial charge >= 0.3 is 0 Å². The Morgan fingerprint density at radius 2 is 1.50 bits per heavy atom. The van der Waals surface area contributed by atoms with Gasteiger partial charge in [-0.25, -0.2) is 0 Å². The normalized spacial score (nSPS) is 16.2. The highest BCUT2D eigenvalue weighted by molar-refractivity contribution is 4.94. The number of hydrogen-bond donors (Lipinski definition) is 2. The quantitative estimate of drug-likeness (QED) is 0.685. The molecule has 1 atom stereocenters. The molecule has 0 aromatic heterocycles. The fourth-order valence-corrected chi connectivity index (χ4v) is 1.50. The first-order valence-corrected chi connectivity index (χ1v) is 4.76. The second-order valence-electron chi connectivity index (χ2n) is 4.65. The minimum absolute atomic E-state index is 0.0270. The molecule has 0 radical (unpaired) electrons. The minimum Gasteiger partial charge on any atom is -0.388 e. The van der Waals surface area contributed by atoms with Crippen LogP contribution in [-0.2, 0) is 0 Å². The number of hydrogen-bond acceptors (Lipinski definition) is 2. The van der Waals surface area contributed by atoms with Crippen molar-refractivity contribution in [1.82, 2.24) is 0 Å². The summed E-state index contributed by atoms with van der Waals surface area (Å²) in [5.74, 6) is 0. The Labute approximate surface area is 76.2 Å². The van der Waals surface area contributed by atoms with Crippen molar-refractivity contribution in [3.63, 3.8) is 0 Å². The maximum Gasteiger partial charge on any atom is 0.0797 e. The summed E-state index contributed by atoms with van der Waals surface area (Å²) in [6.07, 6.45) is 1.45. The number of nitrogens with two attached hydrogens (primary N) is 1. The predicted molar refractivity (Wildman–Crippen MR) is 53.0 cm³/mol. The lowest BCUT2D eigenvalue weighted by molar-refractivity contribution is -0.0270. The number of rotatable bonds is 3. The topological polar surface area (TPSA) is 46.2 Å². The zero-order valence-electron chi connectivity index (χ0n) is 9.02. The number of aliphatic hydroxyl groups is 1. The van der Waals surface area contributed by atoms with Crippen molar-refractivity contribution in [3.05, 3.63) is 0 Å². The molecule has 74 valence electrons. The van der Waals surface area contributed by atoms with E-state index >= 15 is 0 Å². The van der Waals surface area contributed by atoms with Crippen LogP contribution in [0.5, 0.6) is 0 Å². The van der Waals surface area contributed by atoms with Crippen LogP contribution in [-0.4, -0.2) is 16.7 Å². The standard InChI is InChI=1S/C10H23NO/c1-6-10(12,7-2)8(11)9(3,4)5/h8,12H,6-7,11H2,1-5H3. The second-order valence-corrected chi connectivity index (χ2v) is 4.65. The van der Waals surface area contributed by atoms with E-state index in [9.17, 15) is 5.11 Å². The first-order valence-electron chi connectivity index (χ1n) is 4.76. The highest BCUT2D eigenvalue weighted by atomic mass is 16.3. The third kappa shape index (κ3) is 2.46. The van der Waals surface area contributed by atoms with Gasteiger partial charge in [0.2, 0.25) is 0 Å². The Kier molecular flexibility index (Phi) is 3.73. The van der Waals surface area contributed by atoms with Gasteiger partial charge in [0.25, 0.3) is 0 Å².